The molecule has 0 unspecified atom stereocenters. The van der Waals surface area contributed by atoms with Crippen LogP contribution in [0, 0.1) is 0 Å². The molecule has 4 heteroatoms. The lowest BCUT2D eigenvalue weighted by molar-refractivity contribution is -0.155. The first kappa shape index (κ1) is 24.7. The normalized spacial score (nSPS) is 11.8. The molecule has 0 radical (unpaired) electrons. The molecule has 0 amide bonds. The van der Waals surface area contributed by atoms with Gasteiger partial charge in [-0.15, -0.1) is 0 Å². The van der Waals surface area contributed by atoms with Gasteiger partial charge in [-0.3, -0.25) is 4.79 Å². The molecule has 0 fully saturated rings. The highest BCUT2D eigenvalue weighted by Gasteiger charge is 2.15. The highest BCUT2D eigenvalue weighted by atomic mass is 16.6. The predicted molar refractivity (Wildman–Crippen MR) is 107 cm³/mol. The number of rotatable bonds is 16. The van der Waals surface area contributed by atoms with Crippen LogP contribution in [0.5, 0.6) is 0 Å². The van der Waals surface area contributed by atoms with Crippen molar-refractivity contribution in [3.8, 4) is 0 Å². The minimum Gasteiger partial charge on any atom is -0.478 e. The number of allylic oxidation sites excluding steroid dienone is 1. The Hall–Kier alpha value is -1.32. The lowest BCUT2D eigenvalue weighted by Gasteiger charge is -2.19. The van der Waals surface area contributed by atoms with Gasteiger partial charge >= 0.3 is 11.9 Å². The van der Waals surface area contributed by atoms with Gasteiger partial charge < -0.3 is 9.84 Å². The molecule has 0 aliphatic carbocycles. The maximum absolute atomic E-state index is 11.6. The van der Waals surface area contributed by atoms with Crippen molar-refractivity contribution in [2.45, 2.75) is 116 Å². The third-order valence-corrected chi connectivity index (χ3v) is 4.18. The van der Waals surface area contributed by atoms with E-state index in [9.17, 15) is 9.59 Å². The van der Waals surface area contributed by atoms with Gasteiger partial charge in [0, 0.05) is 12.5 Å². The van der Waals surface area contributed by atoms with E-state index in [0.29, 0.717) is 6.42 Å². The molecule has 152 valence electrons. The Morgan fingerprint density at radius 3 is 1.62 bits per heavy atom. The van der Waals surface area contributed by atoms with E-state index in [2.05, 4.69) is 0 Å². The molecule has 0 heterocycles. The lowest BCUT2D eigenvalue weighted by atomic mass is 10.0. The molecule has 0 spiro atoms. The lowest BCUT2D eigenvalue weighted by Crippen LogP contribution is -2.23. The molecule has 0 bridgehead atoms. The van der Waals surface area contributed by atoms with Crippen LogP contribution in [0.2, 0.25) is 0 Å². The summed E-state index contributed by atoms with van der Waals surface area (Å²) in [4.78, 5) is 21.9. The van der Waals surface area contributed by atoms with Gasteiger partial charge in [-0.05, 0) is 40.0 Å². The van der Waals surface area contributed by atoms with E-state index in [4.69, 9.17) is 9.84 Å². The molecule has 26 heavy (non-hydrogen) atoms. The number of esters is 1. The van der Waals surface area contributed by atoms with Gasteiger partial charge in [-0.25, -0.2) is 4.79 Å². The first-order valence-corrected chi connectivity index (χ1v) is 10.4. The Kier molecular flexibility index (Phi) is 15.1. The predicted octanol–water partition coefficient (Wildman–Crippen LogP) is 6.43. The van der Waals surface area contributed by atoms with Crippen LogP contribution >= 0.6 is 0 Å². The zero-order chi connectivity index (χ0) is 19.7. The molecule has 0 aliphatic heterocycles. The standard InChI is InChI=1S/C22H40O4/c1-22(2,3)26-21(25)19-17-15-13-11-9-7-5-4-6-8-10-12-14-16-18-20(23)24/h16,18H,4-15,17,19H2,1-3H3,(H,23,24)/b18-16+. The Morgan fingerprint density at radius 2 is 1.19 bits per heavy atom. The number of carbonyl (C=O) groups is 2. The molecule has 0 aromatic rings. The number of carboxylic acid groups (broad SMARTS) is 1. The summed E-state index contributed by atoms with van der Waals surface area (Å²) in [6.45, 7) is 5.72. The molecule has 1 N–H and O–H groups in total. The summed E-state index contributed by atoms with van der Waals surface area (Å²) in [5.41, 5.74) is -0.367. The fourth-order valence-electron chi connectivity index (χ4n) is 2.88. The minimum absolute atomic E-state index is 0.0737. The summed E-state index contributed by atoms with van der Waals surface area (Å²) in [5, 5.41) is 8.47. The molecule has 0 atom stereocenters. The van der Waals surface area contributed by atoms with Gasteiger partial charge in [0.25, 0.3) is 0 Å². The minimum atomic E-state index is -0.854. The van der Waals surface area contributed by atoms with E-state index in [-0.39, 0.29) is 11.6 Å². The van der Waals surface area contributed by atoms with Crippen molar-refractivity contribution in [3.63, 3.8) is 0 Å². The summed E-state index contributed by atoms with van der Waals surface area (Å²) in [6.07, 6.45) is 19.0. The average Bonchev–Trinajstić information content (AvgIpc) is 2.52. The molecule has 0 saturated carbocycles. The maximum atomic E-state index is 11.6. The second kappa shape index (κ2) is 15.9. The molecule has 0 aromatic heterocycles. The van der Waals surface area contributed by atoms with Crippen LogP contribution in [-0.4, -0.2) is 22.6 Å². The van der Waals surface area contributed by atoms with Gasteiger partial charge in [0.2, 0.25) is 0 Å². The SMILES string of the molecule is CC(C)(C)OC(=O)CCCCCCCCCCCCCC/C=C/C(=O)O. The van der Waals surface area contributed by atoms with E-state index in [1.807, 2.05) is 20.8 Å². The van der Waals surface area contributed by atoms with Gasteiger partial charge in [0.15, 0.2) is 0 Å². The second-order valence-corrected chi connectivity index (χ2v) is 8.11. The summed E-state index contributed by atoms with van der Waals surface area (Å²) < 4.78 is 5.30. The smallest absolute Gasteiger partial charge is 0.327 e. The van der Waals surface area contributed by atoms with E-state index < -0.39 is 5.97 Å². The van der Waals surface area contributed by atoms with E-state index in [1.165, 1.54) is 63.9 Å². The zero-order valence-electron chi connectivity index (χ0n) is 17.2. The molecular weight excluding hydrogens is 328 g/mol. The Balaban J connectivity index is 3.20. The molecule has 0 rings (SSSR count). The molecule has 4 nitrogen and oxygen atoms in total. The summed E-state index contributed by atoms with van der Waals surface area (Å²) >= 11 is 0. The zero-order valence-corrected chi connectivity index (χ0v) is 17.2. The fraction of sp³-hybridized carbons (Fsp3) is 0.818. The Morgan fingerprint density at radius 1 is 0.769 bits per heavy atom. The van der Waals surface area contributed by atoms with Crippen LogP contribution in [0.25, 0.3) is 0 Å². The number of hydrogen-bond donors (Lipinski definition) is 1. The number of carboxylic acids is 1. The number of hydrogen-bond acceptors (Lipinski definition) is 3. The van der Waals surface area contributed by atoms with Crippen LogP contribution < -0.4 is 0 Å². The van der Waals surface area contributed by atoms with Crippen LogP contribution in [0.15, 0.2) is 12.2 Å². The van der Waals surface area contributed by atoms with Crippen LogP contribution in [0.4, 0.5) is 0 Å². The number of unbranched alkanes of at least 4 members (excludes halogenated alkanes) is 12. The third kappa shape index (κ3) is 20.7. The number of carbonyl (C=O) groups excluding carboxylic acids is 1. The van der Waals surface area contributed by atoms with Gasteiger partial charge in [-0.1, -0.05) is 70.3 Å². The average molecular weight is 369 g/mol. The maximum Gasteiger partial charge on any atom is 0.327 e. The second-order valence-electron chi connectivity index (χ2n) is 8.11. The highest BCUT2D eigenvalue weighted by Crippen LogP contribution is 2.14. The van der Waals surface area contributed by atoms with Crippen molar-refractivity contribution in [2.75, 3.05) is 0 Å². The van der Waals surface area contributed by atoms with E-state index in [1.54, 1.807) is 6.08 Å². The van der Waals surface area contributed by atoms with Crippen molar-refractivity contribution < 1.29 is 19.4 Å². The van der Waals surface area contributed by atoms with Crippen LogP contribution in [0.3, 0.4) is 0 Å². The molecule has 0 aromatic carbocycles. The molecule has 0 aliphatic rings. The summed E-state index contributed by atoms with van der Waals surface area (Å²) in [5.74, 6) is -0.927. The van der Waals surface area contributed by atoms with Crippen molar-refractivity contribution in [1.29, 1.82) is 0 Å². The topological polar surface area (TPSA) is 63.6 Å². The Bertz CT molecular complexity index is 393. The van der Waals surface area contributed by atoms with Crippen molar-refractivity contribution in [3.05, 3.63) is 12.2 Å². The van der Waals surface area contributed by atoms with E-state index in [0.717, 1.165) is 25.7 Å². The fourth-order valence-corrected chi connectivity index (χ4v) is 2.88. The highest BCUT2D eigenvalue weighted by molar-refractivity contribution is 5.79. The third-order valence-electron chi connectivity index (χ3n) is 4.18. The van der Waals surface area contributed by atoms with Gasteiger partial charge in [-0.2, -0.15) is 0 Å². The summed E-state index contributed by atoms with van der Waals surface area (Å²) in [6, 6.07) is 0. The Labute approximate surface area is 160 Å². The molecule has 0 saturated heterocycles. The van der Waals surface area contributed by atoms with Crippen molar-refractivity contribution >= 4 is 11.9 Å². The summed E-state index contributed by atoms with van der Waals surface area (Å²) in [7, 11) is 0. The first-order chi connectivity index (χ1) is 12.3. The number of ether oxygens (including phenoxy) is 1. The first-order valence-electron chi connectivity index (χ1n) is 10.4. The van der Waals surface area contributed by atoms with Crippen molar-refractivity contribution in [2.24, 2.45) is 0 Å². The van der Waals surface area contributed by atoms with Gasteiger partial charge in [0.1, 0.15) is 5.60 Å². The quantitative estimate of drug-likeness (QED) is 0.194. The largest absolute Gasteiger partial charge is 0.478 e. The van der Waals surface area contributed by atoms with Gasteiger partial charge in [0.05, 0.1) is 0 Å². The monoisotopic (exact) mass is 368 g/mol. The van der Waals surface area contributed by atoms with E-state index >= 15 is 0 Å². The number of aliphatic carboxylic acids is 1. The van der Waals surface area contributed by atoms with Crippen molar-refractivity contribution in [1.82, 2.24) is 0 Å². The van der Waals surface area contributed by atoms with Crippen LogP contribution in [-0.2, 0) is 14.3 Å². The van der Waals surface area contributed by atoms with Crippen LogP contribution in [0.1, 0.15) is 111 Å². The molecular formula is C22H40O4.